The van der Waals surface area contributed by atoms with Gasteiger partial charge in [-0.2, -0.15) is 0 Å². The average Bonchev–Trinajstić information content (AvgIpc) is 2.74. The van der Waals surface area contributed by atoms with Gasteiger partial charge in [0.1, 0.15) is 0 Å². The average molecular weight is 515 g/mol. The second-order valence-corrected chi connectivity index (χ2v) is 11.5. The number of halogens is 2. The molecule has 0 spiro atoms. The summed E-state index contributed by atoms with van der Waals surface area (Å²) in [6.45, 7) is 0. The summed E-state index contributed by atoms with van der Waals surface area (Å²) in [5.41, 5.74) is 1.26. The number of pyridine rings is 1. The molecule has 0 aliphatic rings. The molecule has 0 saturated carbocycles. The normalized spacial score (nSPS) is 11.5. The number of hydrogen-bond acceptors (Lipinski definition) is 1. The third-order valence-corrected chi connectivity index (χ3v) is 10.4. The van der Waals surface area contributed by atoms with Crippen molar-refractivity contribution >= 4 is 56.1 Å². The van der Waals surface area contributed by atoms with Crippen molar-refractivity contribution in [2.75, 3.05) is 0 Å². The Morgan fingerprint density at radius 2 is 1.07 bits per heavy atom. The van der Waals surface area contributed by atoms with Crippen LogP contribution in [0, 0.1) is 0 Å². The van der Waals surface area contributed by atoms with Gasteiger partial charge in [-0.05, 0) is 0 Å². The molecule has 0 aliphatic carbocycles. The Bertz CT molecular complexity index is 912. The standard InChI is InChI=1S/C24H21BrNP.BrH/c25-21-16-20(17-26-18-21)19-27(22-10-4-1-5-11-22,23-12-6-2-7-13-23)24-14-8-3-9-15-24;/h1-18,27H,19H2;1H. The third kappa shape index (κ3) is 4.27. The summed E-state index contributed by atoms with van der Waals surface area (Å²) in [5, 5.41) is 4.26. The Kier molecular flexibility index (Phi) is 7.18. The molecule has 4 aromatic rings. The zero-order valence-electron chi connectivity index (χ0n) is 15.3. The van der Waals surface area contributed by atoms with Crippen LogP contribution in [0.15, 0.2) is 114 Å². The Labute approximate surface area is 186 Å². The van der Waals surface area contributed by atoms with E-state index in [1.807, 2.05) is 12.4 Å². The fourth-order valence-corrected chi connectivity index (χ4v) is 8.95. The van der Waals surface area contributed by atoms with Crippen molar-refractivity contribution < 1.29 is 0 Å². The zero-order valence-corrected chi connectivity index (χ0v) is 19.6. The summed E-state index contributed by atoms with van der Waals surface area (Å²) >= 11 is 3.59. The molecule has 4 rings (SSSR count). The van der Waals surface area contributed by atoms with Gasteiger partial charge in [-0.15, -0.1) is 17.0 Å². The van der Waals surface area contributed by atoms with Crippen molar-refractivity contribution in [2.24, 2.45) is 0 Å². The summed E-state index contributed by atoms with van der Waals surface area (Å²) in [6.07, 6.45) is 4.82. The molecular weight excluding hydrogens is 493 g/mol. The molecule has 0 N–H and O–H groups in total. The molecule has 142 valence electrons. The molecule has 1 aromatic heterocycles. The molecule has 3 aromatic carbocycles. The molecule has 1 nitrogen and oxygen atoms in total. The quantitative estimate of drug-likeness (QED) is 0.314. The first-order valence-electron chi connectivity index (χ1n) is 9.05. The number of nitrogens with zero attached hydrogens (tertiary/aromatic N) is 1. The Morgan fingerprint density at radius 1 is 0.643 bits per heavy atom. The summed E-state index contributed by atoms with van der Waals surface area (Å²) < 4.78 is 1.03. The van der Waals surface area contributed by atoms with Gasteiger partial charge >= 0.3 is 170 Å². The molecule has 0 fully saturated rings. The predicted molar refractivity (Wildman–Crippen MR) is 133 cm³/mol. The zero-order chi connectivity index (χ0) is 18.5. The van der Waals surface area contributed by atoms with Crippen molar-refractivity contribution in [3.63, 3.8) is 0 Å². The van der Waals surface area contributed by atoms with Crippen molar-refractivity contribution in [3.05, 3.63) is 119 Å². The number of hydrogen-bond donors (Lipinski definition) is 0. The van der Waals surface area contributed by atoms with Gasteiger partial charge in [0.05, 0.1) is 0 Å². The van der Waals surface area contributed by atoms with Gasteiger partial charge in [0.2, 0.25) is 0 Å². The van der Waals surface area contributed by atoms with Gasteiger partial charge in [-0.3, -0.25) is 0 Å². The summed E-state index contributed by atoms with van der Waals surface area (Å²) in [4.78, 5) is 4.42. The minimum absolute atomic E-state index is 0. The van der Waals surface area contributed by atoms with E-state index in [-0.39, 0.29) is 17.0 Å². The summed E-state index contributed by atoms with van der Waals surface area (Å²) in [5.74, 6) is 0. The van der Waals surface area contributed by atoms with Crippen LogP contribution in [-0.2, 0) is 6.16 Å². The van der Waals surface area contributed by atoms with Gasteiger partial charge in [-0.1, -0.05) is 0 Å². The van der Waals surface area contributed by atoms with Gasteiger partial charge < -0.3 is 0 Å². The molecule has 28 heavy (non-hydrogen) atoms. The van der Waals surface area contributed by atoms with Crippen molar-refractivity contribution in [1.82, 2.24) is 4.98 Å². The van der Waals surface area contributed by atoms with Gasteiger partial charge in [0.15, 0.2) is 0 Å². The number of rotatable bonds is 5. The second-order valence-electron chi connectivity index (χ2n) is 6.69. The van der Waals surface area contributed by atoms with Crippen LogP contribution in [0.2, 0.25) is 0 Å². The van der Waals surface area contributed by atoms with E-state index in [4.69, 9.17) is 0 Å². The topological polar surface area (TPSA) is 12.9 Å². The molecule has 0 atom stereocenters. The molecule has 0 saturated heterocycles. The summed E-state index contributed by atoms with van der Waals surface area (Å²) in [7, 11) is -2.25. The summed E-state index contributed by atoms with van der Waals surface area (Å²) in [6, 6.07) is 35.2. The SMILES string of the molecule is Br.Brc1cncc(C[PH](c2ccccc2)(c2ccccc2)c2ccccc2)c1. The van der Waals surface area contributed by atoms with Crippen LogP contribution in [0.25, 0.3) is 0 Å². The van der Waals surface area contributed by atoms with Gasteiger partial charge in [0.25, 0.3) is 0 Å². The Morgan fingerprint density at radius 3 is 1.46 bits per heavy atom. The van der Waals surface area contributed by atoms with E-state index >= 15 is 0 Å². The van der Waals surface area contributed by atoms with E-state index in [9.17, 15) is 0 Å². The monoisotopic (exact) mass is 513 g/mol. The van der Waals surface area contributed by atoms with Crippen LogP contribution in [0.3, 0.4) is 0 Å². The van der Waals surface area contributed by atoms with Gasteiger partial charge in [-0.25, -0.2) is 0 Å². The van der Waals surface area contributed by atoms with Crippen LogP contribution in [-0.4, -0.2) is 4.98 Å². The van der Waals surface area contributed by atoms with E-state index < -0.39 is 7.26 Å². The third-order valence-electron chi connectivity index (χ3n) is 5.03. The van der Waals surface area contributed by atoms with E-state index in [0.717, 1.165) is 10.6 Å². The molecule has 0 amide bonds. The predicted octanol–water partition coefficient (Wildman–Crippen LogP) is 5.65. The van der Waals surface area contributed by atoms with E-state index in [2.05, 4.69) is 118 Å². The van der Waals surface area contributed by atoms with Crippen LogP contribution in [0.5, 0.6) is 0 Å². The van der Waals surface area contributed by atoms with Crippen molar-refractivity contribution in [1.29, 1.82) is 0 Å². The second kappa shape index (κ2) is 9.60. The van der Waals surface area contributed by atoms with Crippen LogP contribution in [0.1, 0.15) is 5.56 Å². The molecule has 1 heterocycles. The minimum atomic E-state index is -2.25. The molecule has 0 aliphatic heterocycles. The number of aromatic nitrogens is 1. The van der Waals surface area contributed by atoms with Crippen molar-refractivity contribution in [2.45, 2.75) is 6.16 Å². The molecular formula is C24H22Br2NP. The maximum atomic E-state index is 4.42. The first-order valence-corrected chi connectivity index (χ1v) is 12.0. The van der Waals surface area contributed by atoms with Crippen LogP contribution in [0.4, 0.5) is 0 Å². The first kappa shape index (κ1) is 20.9. The Balaban J connectivity index is 0.00000225. The maximum absolute atomic E-state index is 4.42. The fraction of sp³-hybridized carbons (Fsp3) is 0.0417. The van der Waals surface area contributed by atoms with Crippen LogP contribution >= 0.6 is 40.2 Å². The van der Waals surface area contributed by atoms with E-state index in [1.165, 1.54) is 21.5 Å². The van der Waals surface area contributed by atoms with Crippen molar-refractivity contribution in [3.8, 4) is 0 Å². The van der Waals surface area contributed by atoms with Gasteiger partial charge in [0, 0.05) is 0 Å². The Hall–Kier alpha value is -1.80. The molecule has 0 bridgehead atoms. The number of benzene rings is 3. The molecule has 0 radical (unpaired) electrons. The van der Waals surface area contributed by atoms with Crippen LogP contribution < -0.4 is 15.9 Å². The van der Waals surface area contributed by atoms with E-state index in [0.29, 0.717) is 0 Å². The fourth-order valence-electron chi connectivity index (χ4n) is 3.83. The first-order chi connectivity index (χ1) is 13.3. The van der Waals surface area contributed by atoms with E-state index in [1.54, 1.807) is 0 Å². The molecule has 0 unspecified atom stereocenters. The molecule has 4 heteroatoms.